The van der Waals surface area contributed by atoms with Crippen molar-refractivity contribution in [1.29, 1.82) is 0 Å². The van der Waals surface area contributed by atoms with Crippen LogP contribution < -0.4 is 10.2 Å². The highest BCUT2D eigenvalue weighted by molar-refractivity contribution is 6.54. The molecule has 0 saturated heterocycles. The number of hydrogen-bond acceptors (Lipinski definition) is 6. The van der Waals surface area contributed by atoms with Gasteiger partial charge in [0.1, 0.15) is 21.3 Å². The van der Waals surface area contributed by atoms with E-state index in [4.69, 9.17) is 20.7 Å². The van der Waals surface area contributed by atoms with Crippen LogP contribution in [0.1, 0.15) is 51.6 Å². The molecular weight excluding hydrogens is 364 g/mol. The second-order valence-electron chi connectivity index (χ2n) is 8.38. The molecule has 7 nitrogen and oxygen atoms in total. The Morgan fingerprint density at radius 2 is 1.90 bits per heavy atom. The summed E-state index contributed by atoms with van der Waals surface area (Å²) in [4.78, 5) is 28.1. The van der Waals surface area contributed by atoms with Crippen molar-refractivity contribution in [1.82, 2.24) is 15.0 Å². The Hall–Kier alpha value is -2.41. The van der Waals surface area contributed by atoms with Gasteiger partial charge in [-0.3, -0.25) is 14.7 Å². The van der Waals surface area contributed by atoms with Crippen molar-refractivity contribution in [3.8, 4) is 11.3 Å². The summed E-state index contributed by atoms with van der Waals surface area (Å²) >= 11 is 0. The van der Waals surface area contributed by atoms with Crippen molar-refractivity contribution in [3.63, 3.8) is 0 Å². The molecule has 9 heteroatoms. The summed E-state index contributed by atoms with van der Waals surface area (Å²) in [6, 6.07) is 3.59. The summed E-state index contributed by atoms with van der Waals surface area (Å²) in [6.07, 6.45) is 8.26. The van der Waals surface area contributed by atoms with Crippen LogP contribution in [0.3, 0.4) is 0 Å². The number of nitrogens with one attached hydrogen (secondary N) is 1. The number of aliphatic hydroxyl groups is 1. The third-order valence-corrected chi connectivity index (χ3v) is 5.51. The standard InChI is InChI=1S/C20H23B2N5O2/c1-19(2,29)15-9-8-12(10-23-15)14-11-24-16-17(25-14)27(13-6-4-3-5-7-13)18(28)20(21,22)26-16/h8-11,13,29H,3-7H2,1-2H3,(H,24,26). The summed E-state index contributed by atoms with van der Waals surface area (Å²) in [5, 5.41) is 11.2. The highest BCUT2D eigenvalue weighted by atomic mass is 16.3. The molecule has 1 saturated carbocycles. The number of aromatic nitrogens is 3. The van der Waals surface area contributed by atoms with Gasteiger partial charge in [0.25, 0.3) is 0 Å². The van der Waals surface area contributed by atoms with E-state index in [1.807, 2.05) is 6.07 Å². The van der Waals surface area contributed by atoms with Gasteiger partial charge in [-0.15, -0.1) is 0 Å². The second-order valence-corrected chi connectivity index (χ2v) is 8.38. The molecule has 2 aliphatic rings. The zero-order chi connectivity index (χ0) is 20.8. The second kappa shape index (κ2) is 7.13. The molecule has 3 heterocycles. The lowest BCUT2D eigenvalue weighted by atomic mass is 9.60. The fourth-order valence-corrected chi connectivity index (χ4v) is 3.90. The van der Waals surface area contributed by atoms with Gasteiger partial charge in [-0.25, -0.2) is 9.97 Å². The minimum atomic E-state index is -1.71. The first-order valence-electron chi connectivity index (χ1n) is 9.93. The van der Waals surface area contributed by atoms with Crippen LogP contribution in [-0.2, 0) is 10.4 Å². The number of fused-ring (bicyclic) bond motifs is 1. The van der Waals surface area contributed by atoms with Gasteiger partial charge in [0.2, 0.25) is 5.91 Å². The maximum atomic E-state index is 13.0. The maximum absolute atomic E-state index is 13.0. The fraction of sp³-hybridized carbons (Fsp3) is 0.500. The summed E-state index contributed by atoms with van der Waals surface area (Å²) in [6.45, 7) is 3.36. The molecule has 4 radical (unpaired) electrons. The van der Waals surface area contributed by atoms with Crippen LogP contribution in [-0.4, -0.2) is 53.0 Å². The van der Waals surface area contributed by atoms with Crippen molar-refractivity contribution in [2.24, 2.45) is 0 Å². The van der Waals surface area contributed by atoms with E-state index in [1.165, 1.54) is 0 Å². The van der Waals surface area contributed by atoms with Gasteiger partial charge in [-0.2, -0.15) is 0 Å². The third kappa shape index (κ3) is 3.75. The molecule has 1 aliphatic heterocycles. The van der Waals surface area contributed by atoms with Gasteiger partial charge < -0.3 is 10.4 Å². The summed E-state index contributed by atoms with van der Waals surface area (Å²) < 4.78 is 0. The molecule has 0 atom stereocenters. The quantitative estimate of drug-likeness (QED) is 0.782. The molecule has 1 fully saturated rings. The normalized spacial score (nSPS) is 19.6. The van der Waals surface area contributed by atoms with Gasteiger partial charge in [0.15, 0.2) is 11.6 Å². The van der Waals surface area contributed by atoms with Gasteiger partial charge in [-0.05, 0) is 38.8 Å². The van der Waals surface area contributed by atoms with E-state index in [2.05, 4.69) is 15.3 Å². The minimum Gasteiger partial charge on any atom is -0.384 e. The zero-order valence-electron chi connectivity index (χ0n) is 16.7. The SMILES string of the molecule is [B]C1([B])Nc2ncc(-c3ccc(C(C)(C)O)nc3)nc2N(C2CCCCC2)C1=O. The summed E-state index contributed by atoms with van der Waals surface area (Å²) in [5.41, 5.74) is 0.848. The van der Waals surface area contributed by atoms with Crippen LogP contribution in [0.5, 0.6) is 0 Å². The first-order chi connectivity index (χ1) is 13.7. The molecule has 2 aromatic heterocycles. The minimum absolute atomic E-state index is 0.00353. The molecule has 1 aliphatic carbocycles. The average molecular weight is 387 g/mol. The van der Waals surface area contributed by atoms with Crippen LogP contribution in [0, 0.1) is 0 Å². The van der Waals surface area contributed by atoms with E-state index in [0.717, 1.165) is 37.7 Å². The molecule has 4 rings (SSSR count). The molecule has 146 valence electrons. The molecule has 0 aromatic carbocycles. The molecule has 0 unspecified atom stereocenters. The molecule has 1 amide bonds. The first-order valence-corrected chi connectivity index (χ1v) is 9.93. The smallest absolute Gasteiger partial charge is 0.235 e. The van der Waals surface area contributed by atoms with Gasteiger partial charge in [-0.1, -0.05) is 19.3 Å². The molecular formula is C20H23B2N5O2. The third-order valence-electron chi connectivity index (χ3n) is 5.51. The van der Waals surface area contributed by atoms with E-state index in [0.29, 0.717) is 23.0 Å². The predicted octanol–water partition coefficient (Wildman–Crippen LogP) is 1.85. The lowest BCUT2D eigenvalue weighted by Gasteiger charge is -2.44. The predicted molar refractivity (Wildman–Crippen MR) is 113 cm³/mol. The van der Waals surface area contributed by atoms with Gasteiger partial charge in [0.05, 0.1) is 17.6 Å². The summed E-state index contributed by atoms with van der Waals surface area (Å²) in [7, 11) is 12.0. The Kier molecular flexibility index (Phi) is 4.89. The van der Waals surface area contributed by atoms with Gasteiger partial charge >= 0.3 is 0 Å². The molecule has 0 spiro atoms. The van der Waals surface area contributed by atoms with Crippen LogP contribution in [0.2, 0.25) is 0 Å². The fourth-order valence-electron chi connectivity index (χ4n) is 3.90. The number of carbonyl (C=O) groups is 1. The van der Waals surface area contributed by atoms with E-state index >= 15 is 0 Å². The van der Waals surface area contributed by atoms with E-state index < -0.39 is 16.8 Å². The number of pyridine rings is 1. The maximum Gasteiger partial charge on any atom is 0.235 e. The Balaban J connectivity index is 1.74. The number of rotatable bonds is 3. The van der Waals surface area contributed by atoms with Crippen molar-refractivity contribution in [3.05, 3.63) is 30.2 Å². The number of hydrogen-bond donors (Lipinski definition) is 2. The Bertz CT molecular complexity index is 921. The average Bonchev–Trinajstić information content (AvgIpc) is 2.69. The van der Waals surface area contributed by atoms with Crippen molar-refractivity contribution in [2.75, 3.05) is 10.2 Å². The Morgan fingerprint density at radius 1 is 1.17 bits per heavy atom. The molecule has 0 bridgehead atoms. The largest absolute Gasteiger partial charge is 0.384 e. The Labute approximate surface area is 173 Å². The molecule has 29 heavy (non-hydrogen) atoms. The monoisotopic (exact) mass is 387 g/mol. The zero-order valence-corrected chi connectivity index (χ0v) is 16.7. The number of nitrogens with zero attached hydrogens (tertiary/aromatic N) is 4. The van der Waals surface area contributed by atoms with Crippen molar-refractivity contribution in [2.45, 2.75) is 62.9 Å². The lowest BCUT2D eigenvalue weighted by molar-refractivity contribution is -0.119. The van der Waals surface area contributed by atoms with Crippen LogP contribution in [0.15, 0.2) is 24.5 Å². The summed E-state index contributed by atoms with van der Waals surface area (Å²) in [5.74, 6) is 0.432. The van der Waals surface area contributed by atoms with Crippen LogP contribution in [0.25, 0.3) is 11.3 Å². The topological polar surface area (TPSA) is 91.2 Å². The van der Waals surface area contributed by atoms with Crippen LogP contribution >= 0.6 is 0 Å². The first kappa shape index (κ1) is 19.9. The van der Waals surface area contributed by atoms with Gasteiger partial charge in [0, 0.05) is 23.1 Å². The lowest BCUT2D eigenvalue weighted by Crippen LogP contribution is -2.61. The van der Waals surface area contributed by atoms with Crippen molar-refractivity contribution >= 4 is 33.2 Å². The highest BCUT2D eigenvalue weighted by Gasteiger charge is 2.42. The van der Waals surface area contributed by atoms with E-state index in [9.17, 15) is 9.90 Å². The number of carbonyl (C=O) groups excluding carboxylic acids is 1. The number of anilines is 2. The highest BCUT2D eigenvalue weighted by Crippen LogP contribution is 2.37. The Morgan fingerprint density at radius 3 is 2.52 bits per heavy atom. The van der Waals surface area contributed by atoms with Crippen molar-refractivity contribution < 1.29 is 9.90 Å². The molecule has 2 N–H and O–H groups in total. The molecule has 2 aromatic rings. The van der Waals surface area contributed by atoms with E-state index in [-0.39, 0.29) is 6.04 Å². The van der Waals surface area contributed by atoms with E-state index in [1.54, 1.807) is 37.2 Å². The number of amides is 1. The van der Waals surface area contributed by atoms with Crippen LogP contribution in [0.4, 0.5) is 11.6 Å².